The van der Waals surface area contributed by atoms with Crippen molar-refractivity contribution < 1.29 is 4.74 Å². The lowest BCUT2D eigenvalue weighted by Crippen LogP contribution is -2.17. The van der Waals surface area contributed by atoms with Crippen molar-refractivity contribution in [3.8, 4) is 17.0 Å². The molecule has 0 radical (unpaired) electrons. The van der Waals surface area contributed by atoms with E-state index in [-0.39, 0.29) is 0 Å². The van der Waals surface area contributed by atoms with Gasteiger partial charge in [-0.05, 0) is 55.7 Å². The summed E-state index contributed by atoms with van der Waals surface area (Å²) in [7, 11) is 0. The molecule has 1 aromatic heterocycles. The summed E-state index contributed by atoms with van der Waals surface area (Å²) in [6.45, 7) is 5.66. The van der Waals surface area contributed by atoms with Crippen molar-refractivity contribution in [2.75, 3.05) is 6.61 Å². The maximum absolute atomic E-state index is 5.55. The Hall–Kier alpha value is -3.11. The van der Waals surface area contributed by atoms with Crippen molar-refractivity contribution in [1.29, 1.82) is 0 Å². The molecule has 0 amide bonds. The van der Waals surface area contributed by atoms with Gasteiger partial charge >= 0.3 is 0 Å². The number of aromatic nitrogens is 1. The lowest BCUT2D eigenvalue weighted by Gasteiger charge is -2.10. The normalized spacial score (nSPS) is 11.6. The molecule has 0 spiro atoms. The van der Waals surface area contributed by atoms with E-state index in [9.17, 15) is 0 Å². The second-order valence-corrected chi connectivity index (χ2v) is 8.03. The first-order valence-electron chi connectivity index (χ1n) is 10.3. The standard InChI is InChI=1S/C26H26N2OS/c1-3-29-24-15-13-23(14-16-24)27-26-28(18-17-21-7-5-4-6-8-21)25(19-30-26)22-11-9-20(2)10-12-22/h4-16,19H,3,17-18H2,1-2H3. The first-order chi connectivity index (χ1) is 14.7. The molecule has 3 nitrogen and oxygen atoms in total. The molecule has 0 saturated heterocycles. The van der Waals surface area contributed by atoms with Gasteiger partial charge in [0, 0.05) is 11.9 Å². The van der Waals surface area contributed by atoms with Gasteiger partial charge in [-0.1, -0.05) is 60.2 Å². The number of nitrogens with zero attached hydrogens (tertiary/aromatic N) is 2. The van der Waals surface area contributed by atoms with E-state index in [2.05, 4.69) is 71.5 Å². The zero-order valence-corrected chi connectivity index (χ0v) is 18.2. The first kappa shape index (κ1) is 20.2. The van der Waals surface area contributed by atoms with Crippen LogP contribution in [0.15, 0.2) is 89.2 Å². The van der Waals surface area contributed by atoms with E-state index < -0.39 is 0 Å². The molecule has 0 fully saturated rings. The van der Waals surface area contributed by atoms with Gasteiger partial charge in [-0.3, -0.25) is 0 Å². The van der Waals surface area contributed by atoms with E-state index in [1.807, 2.05) is 31.2 Å². The highest BCUT2D eigenvalue weighted by Crippen LogP contribution is 2.23. The highest BCUT2D eigenvalue weighted by molar-refractivity contribution is 7.07. The van der Waals surface area contributed by atoms with E-state index in [1.54, 1.807) is 11.3 Å². The molecule has 0 aliphatic carbocycles. The lowest BCUT2D eigenvalue weighted by molar-refractivity contribution is 0.340. The van der Waals surface area contributed by atoms with Crippen molar-refractivity contribution in [2.45, 2.75) is 26.8 Å². The van der Waals surface area contributed by atoms with E-state index in [0.717, 1.165) is 29.2 Å². The molecule has 4 heteroatoms. The molecule has 4 rings (SSSR count). The van der Waals surface area contributed by atoms with Crippen molar-refractivity contribution in [3.63, 3.8) is 0 Å². The number of ether oxygens (including phenoxy) is 1. The second kappa shape index (κ2) is 9.59. The van der Waals surface area contributed by atoms with Gasteiger partial charge in [0.2, 0.25) is 0 Å². The third kappa shape index (κ3) is 4.89. The molecule has 30 heavy (non-hydrogen) atoms. The summed E-state index contributed by atoms with van der Waals surface area (Å²) < 4.78 is 7.88. The largest absolute Gasteiger partial charge is 0.494 e. The number of hydrogen-bond acceptors (Lipinski definition) is 3. The molecule has 0 aliphatic heterocycles. The van der Waals surface area contributed by atoms with Crippen molar-refractivity contribution in [2.24, 2.45) is 4.99 Å². The average molecular weight is 415 g/mol. The molecule has 1 heterocycles. The van der Waals surface area contributed by atoms with E-state index >= 15 is 0 Å². The van der Waals surface area contributed by atoms with Crippen LogP contribution < -0.4 is 9.54 Å². The van der Waals surface area contributed by atoms with Crippen LogP contribution in [0.3, 0.4) is 0 Å². The van der Waals surface area contributed by atoms with Crippen LogP contribution in [0.25, 0.3) is 11.3 Å². The molecular formula is C26H26N2OS. The number of thiazole rings is 1. The van der Waals surface area contributed by atoms with Gasteiger partial charge in [0.05, 0.1) is 18.0 Å². The molecule has 0 atom stereocenters. The van der Waals surface area contributed by atoms with Crippen LogP contribution in [0.4, 0.5) is 5.69 Å². The fourth-order valence-corrected chi connectivity index (χ4v) is 4.32. The summed E-state index contributed by atoms with van der Waals surface area (Å²) in [5, 5.41) is 2.21. The molecule has 152 valence electrons. The summed E-state index contributed by atoms with van der Waals surface area (Å²) in [6, 6.07) is 27.3. The third-order valence-electron chi connectivity index (χ3n) is 4.98. The SMILES string of the molecule is CCOc1ccc(N=c2scc(-c3ccc(C)cc3)n2CCc2ccccc2)cc1. The minimum atomic E-state index is 0.667. The Morgan fingerprint density at radius 1 is 0.900 bits per heavy atom. The molecule has 0 saturated carbocycles. The van der Waals surface area contributed by atoms with Crippen LogP contribution in [-0.2, 0) is 13.0 Å². The summed E-state index contributed by atoms with van der Waals surface area (Å²) in [5.41, 5.74) is 5.96. The third-order valence-corrected chi connectivity index (χ3v) is 5.85. The Labute approximate surface area is 182 Å². The van der Waals surface area contributed by atoms with Gasteiger partial charge in [-0.15, -0.1) is 11.3 Å². The Morgan fingerprint density at radius 2 is 1.63 bits per heavy atom. The predicted octanol–water partition coefficient (Wildman–Crippen LogP) is 6.40. The zero-order chi connectivity index (χ0) is 20.8. The number of rotatable bonds is 7. The van der Waals surface area contributed by atoms with Crippen LogP contribution in [0.5, 0.6) is 5.75 Å². The Kier molecular flexibility index (Phi) is 6.45. The van der Waals surface area contributed by atoms with Crippen molar-refractivity contribution in [3.05, 3.63) is 100 Å². The summed E-state index contributed by atoms with van der Waals surface area (Å²) >= 11 is 1.68. The van der Waals surface area contributed by atoms with Gasteiger partial charge in [-0.2, -0.15) is 0 Å². The summed E-state index contributed by atoms with van der Waals surface area (Å²) in [4.78, 5) is 5.95. The smallest absolute Gasteiger partial charge is 0.190 e. The highest BCUT2D eigenvalue weighted by Gasteiger charge is 2.09. The molecule has 0 N–H and O–H groups in total. The molecular weight excluding hydrogens is 388 g/mol. The van der Waals surface area contributed by atoms with E-state index in [4.69, 9.17) is 9.73 Å². The average Bonchev–Trinajstić information content (AvgIpc) is 3.17. The van der Waals surface area contributed by atoms with Crippen LogP contribution in [0.1, 0.15) is 18.1 Å². The van der Waals surface area contributed by atoms with Crippen molar-refractivity contribution >= 4 is 17.0 Å². The van der Waals surface area contributed by atoms with E-state index in [1.165, 1.54) is 22.4 Å². The van der Waals surface area contributed by atoms with E-state index in [0.29, 0.717) is 6.61 Å². The molecule has 0 bridgehead atoms. The van der Waals surface area contributed by atoms with Crippen LogP contribution in [0.2, 0.25) is 0 Å². The minimum absolute atomic E-state index is 0.667. The maximum Gasteiger partial charge on any atom is 0.190 e. The Balaban J connectivity index is 1.71. The fraction of sp³-hybridized carbons (Fsp3) is 0.192. The van der Waals surface area contributed by atoms with Crippen LogP contribution in [0, 0.1) is 6.92 Å². The zero-order valence-electron chi connectivity index (χ0n) is 17.4. The second-order valence-electron chi connectivity index (χ2n) is 7.20. The fourth-order valence-electron chi connectivity index (χ4n) is 3.37. The monoisotopic (exact) mass is 414 g/mol. The summed E-state index contributed by atoms with van der Waals surface area (Å²) in [6.07, 6.45) is 0.965. The topological polar surface area (TPSA) is 26.5 Å². The molecule has 0 unspecified atom stereocenters. The molecule has 4 aromatic rings. The number of hydrogen-bond donors (Lipinski definition) is 0. The molecule has 3 aromatic carbocycles. The van der Waals surface area contributed by atoms with Gasteiger partial charge in [0.15, 0.2) is 4.80 Å². The number of benzene rings is 3. The Bertz CT molecular complexity index is 1140. The first-order valence-corrected chi connectivity index (χ1v) is 11.2. The minimum Gasteiger partial charge on any atom is -0.494 e. The summed E-state index contributed by atoms with van der Waals surface area (Å²) in [5.74, 6) is 0.875. The van der Waals surface area contributed by atoms with Gasteiger partial charge in [0.25, 0.3) is 0 Å². The maximum atomic E-state index is 5.55. The quantitative estimate of drug-likeness (QED) is 0.344. The molecule has 0 aliphatic rings. The lowest BCUT2D eigenvalue weighted by atomic mass is 10.1. The van der Waals surface area contributed by atoms with Gasteiger partial charge in [0.1, 0.15) is 5.75 Å². The highest BCUT2D eigenvalue weighted by atomic mass is 32.1. The van der Waals surface area contributed by atoms with Gasteiger partial charge < -0.3 is 9.30 Å². The van der Waals surface area contributed by atoms with Crippen LogP contribution >= 0.6 is 11.3 Å². The Morgan fingerprint density at radius 3 is 2.33 bits per heavy atom. The van der Waals surface area contributed by atoms with Gasteiger partial charge in [-0.25, -0.2) is 4.99 Å². The number of aryl methyl sites for hydroxylation is 2. The van der Waals surface area contributed by atoms with Crippen molar-refractivity contribution in [1.82, 2.24) is 4.57 Å². The van der Waals surface area contributed by atoms with Crippen LogP contribution in [-0.4, -0.2) is 11.2 Å². The predicted molar refractivity (Wildman–Crippen MR) is 125 cm³/mol.